The van der Waals surface area contributed by atoms with Gasteiger partial charge in [-0.05, 0) is 38.0 Å². The van der Waals surface area contributed by atoms with Gasteiger partial charge in [-0.25, -0.2) is 0 Å². The maximum absolute atomic E-state index is 14.4. The summed E-state index contributed by atoms with van der Waals surface area (Å²) in [5, 5.41) is 9.79. The topological polar surface area (TPSA) is 96.6 Å². The second-order valence-electron chi connectivity index (χ2n) is 8.79. The third kappa shape index (κ3) is 2.70. The second-order valence-corrected chi connectivity index (χ2v) is 9.83. The summed E-state index contributed by atoms with van der Waals surface area (Å²) in [7, 11) is 0. The fourth-order valence-electron chi connectivity index (χ4n) is 5.20. The summed E-state index contributed by atoms with van der Waals surface area (Å²) in [6.45, 7) is 6.25. The van der Waals surface area contributed by atoms with E-state index in [0.717, 1.165) is 10.6 Å². The van der Waals surface area contributed by atoms with E-state index in [2.05, 4.69) is 10.2 Å². The highest BCUT2D eigenvalue weighted by Gasteiger charge is 2.66. The maximum Gasteiger partial charge on any atom is 0.297 e. The van der Waals surface area contributed by atoms with Gasteiger partial charge in [-0.3, -0.25) is 19.3 Å². The van der Waals surface area contributed by atoms with Crippen molar-refractivity contribution >= 4 is 44.9 Å². The molecule has 35 heavy (non-hydrogen) atoms. The highest BCUT2D eigenvalue weighted by molar-refractivity contribution is 7.15. The van der Waals surface area contributed by atoms with Crippen molar-refractivity contribution in [3.05, 3.63) is 80.1 Å². The van der Waals surface area contributed by atoms with Crippen molar-refractivity contribution in [1.29, 1.82) is 0 Å². The zero-order valence-corrected chi connectivity index (χ0v) is 20.3. The summed E-state index contributed by atoms with van der Waals surface area (Å²) in [6, 6.07) is 12.6. The van der Waals surface area contributed by atoms with Gasteiger partial charge in [0.2, 0.25) is 10.9 Å². The number of amides is 2. The van der Waals surface area contributed by atoms with Crippen molar-refractivity contribution in [3.8, 4) is 0 Å². The van der Waals surface area contributed by atoms with E-state index in [4.69, 9.17) is 4.42 Å². The first kappa shape index (κ1) is 21.7. The predicted octanol–water partition coefficient (Wildman–Crippen LogP) is 4.18. The standard InChI is InChI=1S/C26H22N4O4S/c1-4-12-29-17-9-7-6-8-16(17)26(24(29)33)20-21(31)15-13-14(3)10-11-18(15)34-22(20)23(32)30(26)25-28-27-19(5-2)35-25/h6-11,13H,4-5,12H2,1-3H3. The Hall–Kier alpha value is -3.85. The van der Waals surface area contributed by atoms with Crippen LogP contribution in [0.5, 0.6) is 0 Å². The van der Waals surface area contributed by atoms with Crippen molar-refractivity contribution in [2.45, 2.75) is 39.2 Å². The SMILES string of the molecule is CCCN1C(=O)C2(c3ccccc31)c1c(oc3ccc(C)cc3c1=O)C(=O)N2c1nnc(CC)s1. The molecule has 2 aromatic carbocycles. The fourth-order valence-corrected chi connectivity index (χ4v) is 6.03. The van der Waals surface area contributed by atoms with Crippen molar-refractivity contribution in [3.63, 3.8) is 0 Å². The molecule has 0 N–H and O–H groups in total. The minimum atomic E-state index is -1.71. The van der Waals surface area contributed by atoms with E-state index in [0.29, 0.717) is 41.6 Å². The molecule has 0 saturated heterocycles. The van der Waals surface area contributed by atoms with Gasteiger partial charge in [-0.1, -0.05) is 55.0 Å². The van der Waals surface area contributed by atoms with Crippen LogP contribution in [0.25, 0.3) is 11.0 Å². The van der Waals surface area contributed by atoms with Crippen molar-refractivity contribution in [2.24, 2.45) is 0 Å². The summed E-state index contributed by atoms with van der Waals surface area (Å²) in [6.07, 6.45) is 1.34. The van der Waals surface area contributed by atoms with Crippen molar-refractivity contribution in [2.75, 3.05) is 16.3 Å². The van der Waals surface area contributed by atoms with E-state index in [1.165, 1.54) is 16.2 Å². The lowest BCUT2D eigenvalue weighted by molar-refractivity contribution is -0.121. The van der Waals surface area contributed by atoms with Gasteiger partial charge in [0.25, 0.3) is 11.8 Å². The Balaban J connectivity index is 1.76. The first-order chi connectivity index (χ1) is 16.9. The Labute approximate surface area is 204 Å². The Morgan fingerprint density at radius 3 is 2.60 bits per heavy atom. The average Bonchev–Trinajstić information content (AvgIpc) is 3.50. The molecule has 0 aliphatic carbocycles. The molecule has 0 saturated carbocycles. The minimum Gasteiger partial charge on any atom is -0.450 e. The van der Waals surface area contributed by atoms with E-state index in [1.807, 2.05) is 45.0 Å². The third-order valence-corrected chi connectivity index (χ3v) is 7.73. The normalized spacial score (nSPS) is 18.7. The van der Waals surface area contributed by atoms with Crippen LogP contribution in [0.1, 0.15) is 52.5 Å². The fraction of sp³-hybridized carbons (Fsp3) is 0.269. The molecule has 0 bridgehead atoms. The van der Waals surface area contributed by atoms with E-state index in [1.54, 1.807) is 23.1 Å². The lowest BCUT2D eigenvalue weighted by Crippen LogP contribution is -2.53. The van der Waals surface area contributed by atoms with Gasteiger partial charge < -0.3 is 9.32 Å². The molecule has 0 fully saturated rings. The smallest absolute Gasteiger partial charge is 0.297 e. The molecule has 1 spiro atoms. The zero-order valence-electron chi connectivity index (χ0n) is 19.5. The summed E-state index contributed by atoms with van der Waals surface area (Å²) in [5.41, 5.74) is 0.378. The van der Waals surface area contributed by atoms with Crippen LogP contribution >= 0.6 is 11.3 Å². The number of aryl methyl sites for hydroxylation is 2. The molecular weight excluding hydrogens is 464 g/mol. The first-order valence-electron chi connectivity index (χ1n) is 11.6. The van der Waals surface area contributed by atoms with Gasteiger partial charge in [-0.15, -0.1) is 10.2 Å². The number of benzene rings is 2. The van der Waals surface area contributed by atoms with Gasteiger partial charge in [0.05, 0.1) is 16.6 Å². The Morgan fingerprint density at radius 2 is 1.86 bits per heavy atom. The van der Waals surface area contributed by atoms with Gasteiger partial charge >= 0.3 is 0 Å². The largest absolute Gasteiger partial charge is 0.450 e. The van der Waals surface area contributed by atoms with Crippen LogP contribution in [-0.2, 0) is 16.8 Å². The lowest BCUT2D eigenvalue weighted by Gasteiger charge is -2.32. The molecule has 2 aliphatic rings. The molecule has 1 unspecified atom stereocenters. The van der Waals surface area contributed by atoms with Gasteiger partial charge in [-0.2, -0.15) is 0 Å². The van der Waals surface area contributed by atoms with E-state index in [-0.39, 0.29) is 27.8 Å². The predicted molar refractivity (Wildman–Crippen MR) is 133 cm³/mol. The molecule has 4 heterocycles. The van der Waals surface area contributed by atoms with E-state index in [9.17, 15) is 14.4 Å². The molecule has 6 rings (SSSR count). The Bertz CT molecular complexity index is 1610. The van der Waals surface area contributed by atoms with E-state index >= 15 is 0 Å². The van der Waals surface area contributed by atoms with Crippen LogP contribution in [0.4, 0.5) is 10.8 Å². The third-order valence-electron chi connectivity index (χ3n) is 6.68. The Kier molecular flexibility index (Phi) is 4.69. The molecular formula is C26H22N4O4S. The number of carbonyl (C=O) groups is 2. The number of hydrogen-bond acceptors (Lipinski definition) is 7. The van der Waals surface area contributed by atoms with Crippen LogP contribution < -0.4 is 15.2 Å². The quantitative estimate of drug-likeness (QED) is 0.429. The number of carbonyl (C=O) groups excluding carboxylic acids is 2. The zero-order chi connectivity index (χ0) is 24.5. The van der Waals surface area contributed by atoms with E-state index < -0.39 is 11.4 Å². The van der Waals surface area contributed by atoms with Gasteiger partial charge in [0, 0.05) is 12.1 Å². The molecule has 1 atom stereocenters. The average molecular weight is 487 g/mol. The summed E-state index contributed by atoms with van der Waals surface area (Å²) < 4.78 is 6.08. The highest BCUT2D eigenvalue weighted by Crippen LogP contribution is 2.54. The molecule has 2 aromatic heterocycles. The van der Waals surface area contributed by atoms with Crippen LogP contribution in [0.2, 0.25) is 0 Å². The second kappa shape index (κ2) is 7.58. The maximum atomic E-state index is 14.4. The number of rotatable bonds is 4. The van der Waals surface area contributed by atoms with Crippen molar-refractivity contribution < 1.29 is 14.0 Å². The van der Waals surface area contributed by atoms with Crippen LogP contribution in [0, 0.1) is 6.92 Å². The van der Waals surface area contributed by atoms with Crippen LogP contribution in [0.15, 0.2) is 51.7 Å². The Morgan fingerprint density at radius 1 is 1.06 bits per heavy atom. The van der Waals surface area contributed by atoms with Crippen LogP contribution in [0.3, 0.4) is 0 Å². The van der Waals surface area contributed by atoms with Gasteiger partial charge in [0.1, 0.15) is 10.6 Å². The molecule has 8 nitrogen and oxygen atoms in total. The molecule has 0 radical (unpaired) electrons. The number of nitrogens with zero attached hydrogens (tertiary/aromatic N) is 4. The minimum absolute atomic E-state index is 0.0462. The highest BCUT2D eigenvalue weighted by atomic mass is 32.1. The summed E-state index contributed by atoms with van der Waals surface area (Å²) >= 11 is 1.24. The number of para-hydroxylation sites is 1. The number of hydrogen-bond donors (Lipinski definition) is 0. The number of fused-ring (bicyclic) bond motifs is 5. The number of anilines is 2. The lowest BCUT2D eigenvalue weighted by atomic mass is 9.84. The first-order valence-corrected chi connectivity index (χ1v) is 12.4. The van der Waals surface area contributed by atoms with Crippen LogP contribution in [-0.4, -0.2) is 28.6 Å². The molecule has 2 amide bonds. The molecule has 176 valence electrons. The number of aromatic nitrogens is 2. The molecule has 4 aromatic rings. The molecule has 2 aliphatic heterocycles. The monoisotopic (exact) mass is 486 g/mol. The van der Waals surface area contributed by atoms with Gasteiger partial charge in [0.15, 0.2) is 11.0 Å². The summed E-state index contributed by atoms with van der Waals surface area (Å²) in [4.78, 5) is 45.5. The van der Waals surface area contributed by atoms with Crippen molar-refractivity contribution in [1.82, 2.24) is 10.2 Å². The summed E-state index contributed by atoms with van der Waals surface area (Å²) in [5.74, 6) is -1.05. The molecule has 9 heteroatoms.